The van der Waals surface area contributed by atoms with E-state index in [0.29, 0.717) is 31.4 Å². The Bertz CT molecular complexity index is 1810. The molecule has 18 nitrogen and oxygen atoms in total. The van der Waals surface area contributed by atoms with E-state index >= 15 is 0 Å². The quantitative estimate of drug-likeness (QED) is 0.0261. The largest absolute Gasteiger partial charge is 0.464 e. The number of rotatable bonds is 24. The van der Waals surface area contributed by atoms with E-state index < -0.39 is 24.0 Å². The molecular weight excluding hydrogens is 825 g/mol. The van der Waals surface area contributed by atoms with Crippen molar-refractivity contribution >= 4 is 52.4 Å². The number of carbonyl (C=O) groups excluding carboxylic acids is 5. The maximum Gasteiger partial charge on any atom is 0.357 e. The molecule has 0 aliphatic carbocycles. The topological polar surface area (TPSA) is 252 Å². The lowest BCUT2D eigenvalue weighted by molar-refractivity contribution is -0.157. The van der Waals surface area contributed by atoms with Crippen molar-refractivity contribution < 1.29 is 38.2 Å². The maximum absolute atomic E-state index is 13.6. The molecular formula is C41H66N10O8S2. The molecule has 0 aliphatic rings. The highest BCUT2D eigenvalue weighted by molar-refractivity contribution is 7.10. The van der Waals surface area contributed by atoms with Crippen LogP contribution in [0.2, 0.25) is 0 Å². The smallest absolute Gasteiger partial charge is 0.357 e. The summed E-state index contributed by atoms with van der Waals surface area (Å²) in [5, 5.41) is 15.4. The number of hydrogen-bond donors (Lipinski definition) is 1. The second kappa shape index (κ2) is 28.0. The van der Waals surface area contributed by atoms with Gasteiger partial charge in [-0.2, -0.15) is 0 Å². The number of carbonyl (C=O) groups is 5. The number of hydrogen-bond acceptors (Lipinski definition) is 14. The maximum atomic E-state index is 13.6. The predicted molar refractivity (Wildman–Crippen MR) is 236 cm³/mol. The van der Waals surface area contributed by atoms with Crippen LogP contribution in [0.3, 0.4) is 0 Å². The molecule has 1 N–H and O–H groups in total. The Labute approximate surface area is 368 Å². The zero-order valence-electron chi connectivity index (χ0n) is 38.0. The van der Waals surface area contributed by atoms with Gasteiger partial charge >= 0.3 is 17.9 Å². The van der Waals surface area contributed by atoms with Crippen LogP contribution < -0.4 is 5.32 Å². The van der Waals surface area contributed by atoms with Crippen LogP contribution in [0.1, 0.15) is 158 Å². The number of methoxy groups -OCH3 is 2. The van der Waals surface area contributed by atoms with Gasteiger partial charge in [0.1, 0.15) is 12.1 Å². The number of thiazole rings is 2. The summed E-state index contributed by atoms with van der Waals surface area (Å²) in [6, 6.07) is -2.04. The van der Waals surface area contributed by atoms with Crippen LogP contribution in [-0.4, -0.2) is 89.7 Å². The van der Waals surface area contributed by atoms with E-state index in [0.717, 1.165) is 16.4 Å². The molecule has 0 saturated carbocycles. The third-order valence-electron chi connectivity index (χ3n) is 10.5. The van der Waals surface area contributed by atoms with E-state index in [-0.39, 0.29) is 84.2 Å². The summed E-state index contributed by atoms with van der Waals surface area (Å²) >= 11 is 2.76. The minimum absolute atomic E-state index is 0.0139. The fraction of sp³-hybridized carbons (Fsp3) is 0.732. The van der Waals surface area contributed by atoms with Gasteiger partial charge in [0, 0.05) is 50.9 Å². The first-order valence-electron chi connectivity index (χ1n) is 20.8. The van der Waals surface area contributed by atoms with E-state index in [2.05, 4.69) is 35.3 Å². The lowest BCUT2D eigenvalue weighted by Crippen LogP contribution is -2.50. The van der Waals surface area contributed by atoms with E-state index in [4.69, 9.17) is 25.3 Å². The molecule has 0 spiro atoms. The number of nitrogens with one attached hydrogen (secondary N) is 1. The fourth-order valence-electron chi connectivity index (χ4n) is 6.19. The van der Waals surface area contributed by atoms with Gasteiger partial charge in [0.15, 0.2) is 18.1 Å². The van der Waals surface area contributed by atoms with Crippen LogP contribution in [-0.2, 0) is 28.6 Å². The van der Waals surface area contributed by atoms with E-state index in [1.54, 1.807) is 10.8 Å². The van der Waals surface area contributed by atoms with Crippen molar-refractivity contribution in [2.75, 3.05) is 21.0 Å². The Hall–Kier alpha value is -4.77. The number of amides is 2. The molecule has 0 radical (unpaired) electrons. The Morgan fingerprint density at radius 2 is 1.23 bits per heavy atom. The second-order valence-electron chi connectivity index (χ2n) is 15.8. The summed E-state index contributed by atoms with van der Waals surface area (Å²) in [7, 11) is 2.63. The van der Waals surface area contributed by atoms with Gasteiger partial charge in [-0.3, -0.25) is 14.4 Å². The van der Waals surface area contributed by atoms with Gasteiger partial charge in [0.25, 0.3) is 0 Å². The van der Waals surface area contributed by atoms with Gasteiger partial charge in [-0.15, -0.1) is 22.7 Å². The number of nitrogens with zero attached hydrogens (tertiary/aromatic N) is 9. The Balaban J connectivity index is 0.000000626. The first-order chi connectivity index (χ1) is 28.8. The minimum Gasteiger partial charge on any atom is -0.464 e. The fourth-order valence-corrected chi connectivity index (χ4v) is 7.92. The summed E-state index contributed by atoms with van der Waals surface area (Å²) < 4.78 is 14.9. The van der Waals surface area contributed by atoms with Crippen LogP contribution in [0.25, 0.3) is 20.9 Å². The molecule has 2 heterocycles. The van der Waals surface area contributed by atoms with Crippen LogP contribution in [0.5, 0.6) is 0 Å². The molecule has 0 fully saturated rings. The molecule has 2 amide bonds. The van der Waals surface area contributed by atoms with E-state index in [1.807, 2.05) is 76.2 Å². The van der Waals surface area contributed by atoms with Crippen molar-refractivity contribution in [3.8, 4) is 0 Å². The summed E-state index contributed by atoms with van der Waals surface area (Å²) in [6.45, 7) is 21.3. The molecule has 2 rings (SSSR count). The monoisotopic (exact) mass is 890 g/mol. The molecule has 0 unspecified atom stereocenters. The highest BCUT2D eigenvalue weighted by Gasteiger charge is 2.35. The second-order valence-corrected chi connectivity index (χ2v) is 17.6. The molecule has 0 bridgehead atoms. The molecule has 8 atom stereocenters. The summed E-state index contributed by atoms with van der Waals surface area (Å²) in [6.07, 6.45) is 3.48. The third kappa shape index (κ3) is 17.3. The average molecular weight is 891 g/mol. The first kappa shape index (κ1) is 54.2. The highest BCUT2D eigenvalue weighted by Crippen LogP contribution is 2.31. The van der Waals surface area contributed by atoms with Gasteiger partial charge in [-0.1, -0.05) is 99.2 Å². The average Bonchev–Trinajstić information content (AvgIpc) is 3.95. The number of aromatic nitrogens is 2. The van der Waals surface area contributed by atoms with E-state index in [1.165, 1.54) is 41.8 Å². The highest BCUT2D eigenvalue weighted by atomic mass is 32.1. The Morgan fingerprint density at radius 3 is 1.66 bits per heavy atom. The van der Waals surface area contributed by atoms with Crippen molar-refractivity contribution in [2.45, 2.75) is 151 Å². The summed E-state index contributed by atoms with van der Waals surface area (Å²) in [4.78, 5) is 77.7. The SMILES string of the molecule is CCCC(=O)OCN(C(=O)[C@@H](N=[N+]=[N-])[C@@H](C)CC)[C@H](C[C@@H](C)c1nc(C(=O)OC)cs1)C(C)C.CC[C@H](C)[C@H](N=[N+]=[N-])C(=O)N[C@H](C[C@@H](C)c1nc(C(=O)OC)cs1)C(C)C. The van der Waals surface area contributed by atoms with Crippen LogP contribution >= 0.6 is 22.7 Å². The molecule has 20 heteroatoms. The molecule has 340 valence electrons. The van der Waals surface area contributed by atoms with Crippen molar-refractivity contribution in [1.82, 2.24) is 20.2 Å². The van der Waals surface area contributed by atoms with Gasteiger partial charge in [-0.05, 0) is 54.0 Å². The number of esters is 3. The minimum atomic E-state index is -0.901. The van der Waals surface area contributed by atoms with Crippen molar-refractivity contribution in [3.63, 3.8) is 0 Å². The Kier molecular flexibility index (Phi) is 24.9. The number of ether oxygens (including phenoxy) is 3. The lowest BCUT2D eigenvalue weighted by Gasteiger charge is -2.37. The molecule has 0 aromatic carbocycles. The van der Waals surface area contributed by atoms with Crippen molar-refractivity contribution in [2.24, 2.45) is 33.9 Å². The van der Waals surface area contributed by atoms with E-state index in [9.17, 15) is 24.0 Å². The van der Waals surface area contributed by atoms with Gasteiger partial charge < -0.3 is 24.4 Å². The Morgan fingerprint density at radius 1 is 0.754 bits per heavy atom. The van der Waals surface area contributed by atoms with Crippen molar-refractivity contribution in [1.29, 1.82) is 0 Å². The van der Waals surface area contributed by atoms with Crippen LogP contribution in [0.4, 0.5) is 0 Å². The number of azide groups is 2. The standard InChI is InChI=1S/C23H37N5O5S.C18H29N5O3S/c1-8-10-19(29)33-13-28(22(30)20(26-27-24)15(5)9-2)18(14(3)4)11-16(6)21-25-17(12-34-21)23(31)32-7;1-7-11(4)15(22-23-19)16(24)20-13(10(2)3)8-12(5)17-21-14(9-27-17)18(25)26-6/h12,14-16,18,20H,8-11,13H2,1-7H3;9-13,15H,7-8H2,1-6H3,(H,20,24)/t15-,16+,18+,20-;11-,12+,13+,15-/m00/s1. The molecule has 61 heavy (non-hydrogen) atoms. The third-order valence-corrected chi connectivity index (χ3v) is 12.7. The van der Waals surface area contributed by atoms with Crippen molar-refractivity contribution in [3.05, 3.63) is 53.0 Å². The van der Waals surface area contributed by atoms with Gasteiger partial charge in [-0.25, -0.2) is 19.6 Å². The predicted octanol–water partition coefficient (Wildman–Crippen LogP) is 9.59. The zero-order valence-corrected chi connectivity index (χ0v) is 39.6. The normalized spacial score (nSPS) is 14.9. The van der Waals surface area contributed by atoms with Crippen LogP contribution in [0, 0.1) is 23.7 Å². The molecule has 0 aliphatic heterocycles. The zero-order chi connectivity index (χ0) is 46.4. The molecule has 2 aromatic heterocycles. The molecule has 0 saturated heterocycles. The van der Waals surface area contributed by atoms with Gasteiger partial charge in [0.2, 0.25) is 11.8 Å². The summed E-state index contributed by atoms with van der Waals surface area (Å²) in [5.41, 5.74) is 18.4. The molecule has 2 aromatic rings. The van der Waals surface area contributed by atoms with Crippen LogP contribution in [0.15, 0.2) is 21.0 Å². The summed E-state index contributed by atoms with van der Waals surface area (Å²) in [5.74, 6) is -1.98. The first-order valence-corrected chi connectivity index (χ1v) is 22.5. The lowest BCUT2D eigenvalue weighted by atomic mass is 9.91. The van der Waals surface area contributed by atoms with Gasteiger partial charge in [0.05, 0.1) is 24.2 Å².